The molecule has 1 heterocycles. The fourth-order valence-corrected chi connectivity index (χ4v) is 4.05. The minimum Gasteiger partial charge on any atom is -0.497 e. The summed E-state index contributed by atoms with van der Waals surface area (Å²) < 4.78 is 32.6. The molecule has 0 aliphatic heterocycles. The predicted molar refractivity (Wildman–Crippen MR) is 145 cm³/mol. The zero-order valence-electron chi connectivity index (χ0n) is 23.8. The minimum absolute atomic E-state index is 0.0231. The molecule has 0 spiro atoms. The van der Waals surface area contributed by atoms with E-state index in [2.05, 4.69) is 4.98 Å². The van der Waals surface area contributed by atoms with E-state index >= 15 is 0 Å². The fourth-order valence-electron chi connectivity index (χ4n) is 4.05. The standard InChI is InChI=1S/C30H39NO9/c1-19(14-26(33)28-29(39-18-38-21(3)32)27(36-5)12-13-31-28)30(34)40-20(2)24(17-37-16-23-6-7-23)15-22-8-10-25(35-4)11-9-22/h8-13,19-20,23-24H,6-7,14-18H2,1-5H3/t19-,20+,24-/m1/s1. The van der Waals surface area contributed by atoms with Crippen LogP contribution in [0.25, 0.3) is 0 Å². The van der Waals surface area contributed by atoms with Crippen LogP contribution in [-0.4, -0.2) is 63.0 Å². The van der Waals surface area contributed by atoms with Crippen LogP contribution in [0.4, 0.5) is 0 Å². The average Bonchev–Trinajstić information content (AvgIpc) is 3.77. The number of pyridine rings is 1. The van der Waals surface area contributed by atoms with Gasteiger partial charge in [-0.25, -0.2) is 4.98 Å². The number of aromatic nitrogens is 1. The Morgan fingerprint density at radius 2 is 1.75 bits per heavy atom. The molecule has 0 radical (unpaired) electrons. The molecule has 218 valence electrons. The summed E-state index contributed by atoms with van der Waals surface area (Å²) in [4.78, 5) is 41.4. The molecular formula is C30H39NO9. The van der Waals surface area contributed by atoms with Crippen LogP contribution in [0.3, 0.4) is 0 Å². The van der Waals surface area contributed by atoms with E-state index in [1.165, 1.54) is 39.1 Å². The van der Waals surface area contributed by atoms with Gasteiger partial charge in [0.25, 0.3) is 0 Å². The number of hydrogen-bond donors (Lipinski definition) is 0. The normalized spacial score (nSPS) is 14.9. The summed E-state index contributed by atoms with van der Waals surface area (Å²) in [7, 11) is 3.04. The zero-order valence-corrected chi connectivity index (χ0v) is 23.8. The molecule has 0 saturated heterocycles. The van der Waals surface area contributed by atoms with Crippen LogP contribution in [0.2, 0.25) is 0 Å². The highest BCUT2D eigenvalue weighted by atomic mass is 16.7. The number of nitrogens with zero attached hydrogens (tertiary/aromatic N) is 1. The monoisotopic (exact) mass is 557 g/mol. The number of Topliss-reactive ketones (excluding diaryl/α,β-unsaturated/α-hetero) is 1. The minimum atomic E-state index is -0.738. The summed E-state index contributed by atoms with van der Waals surface area (Å²) in [6, 6.07) is 9.31. The number of esters is 2. The Morgan fingerprint density at radius 3 is 2.38 bits per heavy atom. The average molecular weight is 558 g/mol. The molecule has 40 heavy (non-hydrogen) atoms. The van der Waals surface area contributed by atoms with Crippen LogP contribution in [0.15, 0.2) is 36.5 Å². The second-order valence-electron chi connectivity index (χ2n) is 10.1. The highest BCUT2D eigenvalue weighted by Crippen LogP contribution is 2.32. The van der Waals surface area contributed by atoms with Crippen LogP contribution < -0.4 is 14.2 Å². The molecule has 1 saturated carbocycles. The number of ketones is 1. The van der Waals surface area contributed by atoms with Crippen molar-refractivity contribution in [3.05, 3.63) is 47.8 Å². The van der Waals surface area contributed by atoms with Gasteiger partial charge in [-0.3, -0.25) is 14.4 Å². The molecule has 1 aliphatic rings. The molecule has 0 amide bonds. The SMILES string of the molecule is COc1ccc(C[C@H](COCC2CC2)[C@H](C)OC(=O)[C@H](C)CC(=O)c2nccc(OC)c2OCOC(C)=O)cc1. The lowest BCUT2D eigenvalue weighted by molar-refractivity contribution is -0.156. The molecule has 0 unspecified atom stereocenters. The molecular weight excluding hydrogens is 518 g/mol. The van der Waals surface area contributed by atoms with Crippen LogP contribution in [0.5, 0.6) is 17.2 Å². The summed E-state index contributed by atoms with van der Waals surface area (Å²) in [6.07, 6.45) is 3.85. The Kier molecular flexibility index (Phi) is 11.7. The number of rotatable bonds is 17. The van der Waals surface area contributed by atoms with Crippen LogP contribution in [0, 0.1) is 17.8 Å². The van der Waals surface area contributed by atoms with Crippen molar-refractivity contribution in [2.75, 3.05) is 34.2 Å². The summed E-state index contributed by atoms with van der Waals surface area (Å²) in [6.45, 7) is 5.48. The Balaban J connectivity index is 1.63. The summed E-state index contributed by atoms with van der Waals surface area (Å²) in [5, 5.41) is 0. The second-order valence-corrected chi connectivity index (χ2v) is 10.1. The molecule has 10 nitrogen and oxygen atoms in total. The molecule has 1 fully saturated rings. The molecule has 0 bridgehead atoms. The number of methoxy groups -OCH3 is 2. The van der Waals surface area contributed by atoms with Gasteiger partial charge < -0.3 is 28.4 Å². The second kappa shape index (κ2) is 15.2. The Bertz CT molecular complexity index is 1130. The third-order valence-electron chi connectivity index (χ3n) is 6.72. The third kappa shape index (κ3) is 9.51. The topological polar surface area (TPSA) is 119 Å². The molecule has 3 rings (SSSR count). The first-order valence-corrected chi connectivity index (χ1v) is 13.4. The van der Waals surface area contributed by atoms with Crippen LogP contribution in [0.1, 0.15) is 56.1 Å². The summed E-state index contributed by atoms with van der Waals surface area (Å²) in [5.74, 6) is -0.584. The number of hydrogen-bond acceptors (Lipinski definition) is 10. The van der Waals surface area contributed by atoms with E-state index in [1.807, 2.05) is 31.2 Å². The molecule has 0 N–H and O–H groups in total. The van der Waals surface area contributed by atoms with Gasteiger partial charge in [0.05, 0.1) is 26.7 Å². The maximum atomic E-state index is 13.1. The Labute approximate surface area is 235 Å². The van der Waals surface area contributed by atoms with Crippen molar-refractivity contribution in [3.8, 4) is 17.2 Å². The van der Waals surface area contributed by atoms with Gasteiger partial charge in [0.15, 0.2) is 23.0 Å². The Morgan fingerprint density at radius 1 is 1.02 bits per heavy atom. The maximum Gasteiger partial charge on any atom is 0.309 e. The van der Waals surface area contributed by atoms with Gasteiger partial charge in [0, 0.05) is 38.1 Å². The van der Waals surface area contributed by atoms with E-state index < -0.39 is 36.5 Å². The lowest BCUT2D eigenvalue weighted by Crippen LogP contribution is -2.32. The van der Waals surface area contributed by atoms with Gasteiger partial charge in [-0.15, -0.1) is 0 Å². The first-order chi connectivity index (χ1) is 19.2. The van der Waals surface area contributed by atoms with E-state index in [9.17, 15) is 14.4 Å². The molecule has 3 atom stereocenters. The van der Waals surface area contributed by atoms with E-state index in [0.717, 1.165) is 11.3 Å². The smallest absolute Gasteiger partial charge is 0.309 e. The van der Waals surface area contributed by atoms with Crippen molar-refractivity contribution in [1.29, 1.82) is 0 Å². The number of benzene rings is 1. The Hall–Kier alpha value is -3.66. The van der Waals surface area contributed by atoms with E-state index in [0.29, 0.717) is 25.6 Å². The van der Waals surface area contributed by atoms with E-state index in [1.54, 1.807) is 14.0 Å². The molecule has 2 aromatic rings. The summed E-state index contributed by atoms with van der Waals surface area (Å²) in [5.41, 5.74) is 1.06. The van der Waals surface area contributed by atoms with Crippen molar-refractivity contribution in [3.63, 3.8) is 0 Å². The van der Waals surface area contributed by atoms with Crippen molar-refractivity contribution in [2.45, 2.75) is 52.6 Å². The van der Waals surface area contributed by atoms with Crippen molar-refractivity contribution < 1.29 is 42.8 Å². The predicted octanol–water partition coefficient (Wildman–Crippen LogP) is 4.42. The number of carbonyl (C=O) groups excluding carboxylic acids is 3. The van der Waals surface area contributed by atoms with E-state index in [4.69, 9.17) is 28.4 Å². The van der Waals surface area contributed by atoms with Gasteiger partial charge in [-0.1, -0.05) is 19.1 Å². The highest BCUT2D eigenvalue weighted by molar-refractivity contribution is 5.99. The lowest BCUT2D eigenvalue weighted by atomic mass is 9.95. The molecule has 1 aromatic heterocycles. The van der Waals surface area contributed by atoms with Gasteiger partial charge in [-0.05, 0) is 49.8 Å². The van der Waals surface area contributed by atoms with E-state index in [-0.39, 0.29) is 29.5 Å². The quantitative estimate of drug-likeness (QED) is 0.157. The molecule has 1 aromatic carbocycles. The maximum absolute atomic E-state index is 13.1. The van der Waals surface area contributed by atoms with Gasteiger partial charge in [0.1, 0.15) is 11.9 Å². The van der Waals surface area contributed by atoms with Gasteiger partial charge in [-0.2, -0.15) is 0 Å². The zero-order chi connectivity index (χ0) is 29.1. The van der Waals surface area contributed by atoms with Crippen molar-refractivity contribution in [1.82, 2.24) is 4.98 Å². The highest BCUT2D eigenvalue weighted by Gasteiger charge is 2.29. The van der Waals surface area contributed by atoms with Crippen LogP contribution in [-0.2, 0) is 30.2 Å². The van der Waals surface area contributed by atoms with Gasteiger partial charge in [0.2, 0.25) is 6.79 Å². The van der Waals surface area contributed by atoms with Crippen molar-refractivity contribution in [2.24, 2.45) is 17.8 Å². The summed E-state index contributed by atoms with van der Waals surface area (Å²) >= 11 is 0. The first kappa shape index (κ1) is 30.9. The molecule has 10 heteroatoms. The van der Waals surface area contributed by atoms with Crippen LogP contribution >= 0.6 is 0 Å². The first-order valence-electron chi connectivity index (χ1n) is 13.4. The largest absolute Gasteiger partial charge is 0.497 e. The third-order valence-corrected chi connectivity index (χ3v) is 6.72. The fraction of sp³-hybridized carbons (Fsp3) is 0.533. The molecule has 1 aliphatic carbocycles. The number of carbonyl (C=O) groups is 3. The number of ether oxygens (including phenoxy) is 6. The van der Waals surface area contributed by atoms with Gasteiger partial charge >= 0.3 is 11.9 Å². The lowest BCUT2D eigenvalue weighted by Gasteiger charge is -2.25. The van der Waals surface area contributed by atoms with Crippen molar-refractivity contribution >= 4 is 17.7 Å².